The van der Waals surface area contributed by atoms with Crippen molar-refractivity contribution in [3.05, 3.63) is 66.0 Å². The predicted molar refractivity (Wildman–Crippen MR) is 91.9 cm³/mol. The summed E-state index contributed by atoms with van der Waals surface area (Å²) in [5.74, 6) is 0.321. The largest absolute Gasteiger partial charge is 0.494 e. The number of hydrogen-bond acceptors (Lipinski definition) is 3. The van der Waals surface area contributed by atoms with Crippen LogP contribution in [0.4, 0.5) is 0 Å². The minimum atomic E-state index is -1.05. The van der Waals surface area contributed by atoms with Crippen LogP contribution in [-0.2, 0) is 0 Å². The smallest absolute Gasteiger partial charge is 0.356 e. The van der Waals surface area contributed by atoms with Crippen LogP contribution in [0, 0.1) is 6.92 Å². The van der Waals surface area contributed by atoms with Crippen LogP contribution in [0.15, 0.2) is 54.7 Å². The minimum absolute atomic E-state index is 0.0134. The van der Waals surface area contributed by atoms with Gasteiger partial charge in [0, 0.05) is 17.4 Å². The maximum Gasteiger partial charge on any atom is 0.356 e. The Kier molecular flexibility index (Phi) is 4.33. The van der Waals surface area contributed by atoms with E-state index >= 15 is 0 Å². The first-order chi connectivity index (χ1) is 11.6. The van der Waals surface area contributed by atoms with E-state index in [0.717, 1.165) is 22.6 Å². The summed E-state index contributed by atoms with van der Waals surface area (Å²) in [6.07, 6.45) is 1.53. The second-order valence-corrected chi connectivity index (χ2v) is 5.42. The summed E-state index contributed by atoms with van der Waals surface area (Å²) < 4.78 is 7.23. The van der Waals surface area contributed by atoms with E-state index in [2.05, 4.69) is 4.98 Å². The summed E-state index contributed by atoms with van der Waals surface area (Å²) in [6.45, 7) is 4.53. The van der Waals surface area contributed by atoms with E-state index in [9.17, 15) is 9.90 Å². The van der Waals surface area contributed by atoms with Crippen molar-refractivity contribution in [3.8, 4) is 22.8 Å². The predicted octanol–water partition coefficient (Wildman–Crippen LogP) is 3.94. The molecule has 3 rings (SSSR count). The normalized spacial score (nSPS) is 10.6. The summed E-state index contributed by atoms with van der Waals surface area (Å²) >= 11 is 0. The Morgan fingerprint density at radius 3 is 2.38 bits per heavy atom. The Balaban J connectivity index is 2.08. The van der Waals surface area contributed by atoms with Gasteiger partial charge in [0.05, 0.1) is 6.61 Å². The average Bonchev–Trinajstić information content (AvgIpc) is 3.02. The molecular weight excluding hydrogens is 304 g/mol. The first-order valence-corrected chi connectivity index (χ1v) is 7.71. The van der Waals surface area contributed by atoms with Gasteiger partial charge in [-0.05, 0) is 38.1 Å². The highest BCUT2D eigenvalue weighted by Gasteiger charge is 2.16. The second kappa shape index (κ2) is 6.58. The third kappa shape index (κ3) is 3.15. The van der Waals surface area contributed by atoms with Crippen LogP contribution in [-0.4, -0.2) is 27.2 Å². The molecule has 1 N–H and O–H groups in total. The molecule has 0 unspecified atom stereocenters. The molecule has 1 heterocycles. The molecule has 5 nitrogen and oxygen atoms in total. The lowest BCUT2D eigenvalue weighted by atomic mass is 10.1. The standard InChI is InChI=1S/C19H18N2O3/c1-3-24-16-10-8-15(9-11-16)21-12-17(19(22)23)20-18(21)14-6-4-13(2)5-7-14/h4-12H,3H2,1-2H3,(H,22,23). The number of aryl methyl sites for hydroxylation is 1. The number of carbonyl (C=O) groups is 1. The summed E-state index contributed by atoms with van der Waals surface area (Å²) in [6, 6.07) is 15.3. The molecule has 0 bridgehead atoms. The van der Waals surface area contributed by atoms with Crippen LogP contribution < -0.4 is 4.74 Å². The number of ether oxygens (including phenoxy) is 1. The van der Waals surface area contributed by atoms with Gasteiger partial charge in [0.15, 0.2) is 5.69 Å². The van der Waals surface area contributed by atoms with Gasteiger partial charge in [-0.1, -0.05) is 29.8 Å². The van der Waals surface area contributed by atoms with Gasteiger partial charge < -0.3 is 9.84 Å². The molecule has 3 aromatic rings. The molecule has 0 atom stereocenters. The number of aromatic carboxylic acids is 1. The Labute approximate surface area is 140 Å². The first kappa shape index (κ1) is 15.8. The number of nitrogens with zero attached hydrogens (tertiary/aromatic N) is 2. The van der Waals surface area contributed by atoms with E-state index in [1.165, 1.54) is 6.20 Å². The molecule has 0 saturated carbocycles. The molecule has 0 aliphatic carbocycles. The molecule has 0 fully saturated rings. The average molecular weight is 322 g/mol. The fourth-order valence-electron chi connectivity index (χ4n) is 2.46. The van der Waals surface area contributed by atoms with Crippen molar-refractivity contribution in [3.63, 3.8) is 0 Å². The molecule has 0 aliphatic heterocycles. The van der Waals surface area contributed by atoms with E-state index < -0.39 is 5.97 Å². The highest BCUT2D eigenvalue weighted by atomic mass is 16.5. The molecule has 24 heavy (non-hydrogen) atoms. The van der Waals surface area contributed by atoms with Crippen LogP contribution in [0.3, 0.4) is 0 Å². The molecule has 0 spiro atoms. The zero-order chi connectivity index (χ0) is 17.1. The molecule has 0 saturated heterocycles. The summed E-state index contributed by atoms with van der Waals surface area (Å²) in [5, 5.41) is 9.28. The topological polar surface area (TPSA) is 64.3 Å². The fourth-order valence-corrected chi connectivity index (χ4v) is 2.46. The molecule has 2 aromatic carbocycles. The van der Waals surface area contributed by atoms with Crippen molar-refractivity contribution in [1.82, 2.24) is 9.55 Å². The quantitative estimate of drug-likeness (QED) is 0.772. The number of imidazole rings is 1. The third-order valence-electron chi connectivity index (χ3n) is 3.66. The van der Waals surface area contributed by atoms with Crippen LogP contribution in [0.1, 0.15) is 23.0 Å². The molecule has 0 radical (unpaired) electrons. The minimum Gasteiger partial charge on any atom is -0.494 e. The second-order valence-electron chi connectivity index (χ2n) is 5.42. The summed E-state index contributed by atoms with van der Waals surface area (Å²) in [4.78, 5) is 15.6. The number of hydrogen-bond donors (Lipinski definition) is 1. The molecule has 0 amide bonds. The molecular formula is C19H18N2O3. The van der Waals surface area contributed by atoms with Gasteiger partial charge in [-0.2, -0.15) is 0 Å². The first-order valence-electron chi connectivity index (χ1n) is 7.71. The molecule has 0 aliphatic rings. The molecule has 1 aromatic heterocycles. The Morgan fingerprint density at radius 2 is 1.79 bits per heavy atom. The van der Waals surface area contributed by atoms with Crippen LogP contribution in [0.5, 0.6) is 5.75 Å². The van der Waals surface area contributed by atoms with Crippen LogP contribution >= 0.6 is 0 Å². The van der Waals surface area contributed by atoms with Crippen molar-refractivity contribution >= 4 is 5.97 Å². The monoisotopic (exact) mass is 322 g/mol. The lowest BCUT2D eigenvalue weighted by molar-refractivity contribution is 0.0691. The SMILES string of the molecule is CCOc1ccc(-n2cc(C(=O)O)nc2-c2ccc(C)cc2)cc1. The van der Waals surface area contributed by atoms with Crippen molar-refractivity contribution in [1.29, 1.82) is 0 Å². The number of carboxylic acids is 1. The van der Waals surface area contributed by atoms with Crippen molar-refractivity contribution in [2.45, 2.75) is 13.8 Å². The fraction of sp³-hybridized carbons (Fsp3) is 0.158. The van der Waals surface area contributed by atoms with Gasteiger partial charge >= 0.3 is 5.97 Å². The van der Waals surface area contributed by atoms with Gasteiger partial charge in [0.1, 0.15) is 11.6 Å². The summed E-state index contributed by atoms with van der Waals surface area (Å²) in [7, 11) is 0. The Bertz CT molecular complexity index is 849. The zero-order valence-electron chi connectivity index (χ0n) is 13.6. The van der Waals surface area contributed by atoms with E-state index in [1.807, 2.05) is 62.4 Å². The highest BCUT2D eigenvalue weighted by Crippen LogP contribution is 2.25. The number of benzene rings is 2. The number of carboxylic acid groups (broad SMARTS) is 1. The van der Waals surface area contributed by atoms with Gasteiger partial charge in [-0.3, -0.25) is 4.57 Å². The van der Waals surface area contributed by atoms with Gasteiger partial charge in [0.2, 0.25) is 0 Å². The van der Waals surface area contributed by atoms with Crippen molar-refractivity contribution in [2.75, 3.05) is 6.61 Å². The van der Waals surface area contributed by atoms with Crippen LogP contribution in [0.25, 0.3) is 17.1 Å². The molecule has 122 valence electrons. The van der Waals surface area contributed by atoms with Gasteiger partial charge in [0.25, 0.3) is 0 Å². The maximum absolute atomic E-state index is 11.3. The lowest BCUT2D eigenvalue weighted by Gasteiger charge is -2.09. The van der Waals surface area contributed by atoms with Crippen molar-refractivity contribution in [2.24, 2.45) is 0 Å². The van der Waals surface area contributed by atoms with Crippen LogP contribution in [0.2, 0.25) is 0 Å². The van der Waals surface area contributed by atoms with E-state index in [0.29, 0.717) is 12.4 Å². The number of rotatable bonds is 5. The lowest BCUT2D eigenvalue weighted by Crippen LogP contribution is -1.97. The van der Waals surface area contributed by atoms with E-state index in [1.54, 1.807) is 4.57 Å². The Morgan fingerprint density at radius 1 is 1.12 bits per heavy atom. The van der Waals surface area contributed by atoms with Gasteiger partial charge in [-0.25, -0.2) is 9.78 Å². The third-order valence-corrected chi connectivity index (χ3v) is 3.66. The Hall–Kier alpha value is -3.08. The summed E-state index contributed by atoms with van der Waals surface area (Å²) in [5.41, 5.74) is 2.84. The highest BCUT2D eigenvalue weighted by molar-refractivity contribution is 5.86. The van der Waals surface area contributed by atoms with E-state index in [-0.39, 0.29) is 5.69 Å². The van der Waals surface area contributed by atoms with E-state index in [4.69, 9.17) is 4.74 Å². The van der Waals surface area contributed by atoms with Gasteiger partial charge in [-0.15, -0.1) is 0 Å². The molecule has 5 heteroatoms. The zero-order valence-corrected chi connectivity index (χ0v) is 13.6. The van der Waals surface area contributed by atoms with Crippen molar-refractivity contribution < 1.29 is 14.6 Å². The number of aromatic nitrogens is 2. The maximum atomic E-state index is 11.3.